The first-order chi connectivity index (χ1) is 13.5. The molecule has 0 unspecified atom stereocenters. The first-order valence-electron chi connectivity index (χ1n) is 9.23. The van der Waals surface area contributed by atoms with Crippen molar-refractivity contribution in [2.75, 3.05) is 0 Å². The predicted molar refractivity (Wildman–Crippen MR) is 102 cm³/mol. The van der Waals surface area contributed by atoms with Crippen LogP contribution in [0.1, 0.15) is 66.8 Å². The Balaban J connectivity index is 1.83. The Kier molecular flexibility index (Phi) is 6.16. The van der Waals surface area contributed by atoms with Gasteiger partial charge in [0.15, 0.2) is 5.78 Å². The monoisotopic (exact) mass is 428 g/mol. The number of benzene rings is 1. The molecular weight excluding hydrogens is 408 g/mol. The van der Waals surface area contributed by atoms with Crippen molar-refractivity contribution >= 4 is 17.5 Å². The Morgan fingerprint density at radius 2 is 1.97 bits per heavy atom. The third-order valence-corrected chi connectivity index (χ3v) is 5.61. The van der Waals surface area contributed by atoms with E-state index in [9.17, 15) is 27.2 Å². The molecule has 0 radical (unpaired) electrons. The van der Waals surface area contributed by atoms with Gasteiger partial charge in [-0.25, -0.2) is 9.37 Å². The van der Waals surface area contributed by atoms with Gasteiger partial charge in [0.1, 0.15) is 17.3 Å². The summed E-state index contributed by atoms with van der Waals surface area (Å²) in [4.78, 5) is 31.0. The lowest BCUT2D eigenvalue weighted by molar-refractivity contribution is -0.0329. The second-order valence-electron chi connectivity index (χ2n) is 7.51. The van der Waals surface area contributed by atoms with Crippen molar-refractivity contribution in [1.82, 2.24) is 9.97 Å². The molecule has 0 bridgehead atoms. The zero-order chi connectivity index (χ0) is 21.3. The largest absolute Gasteiger partial charge is 0.446 e. The summed E-state index contributed by atoms with van der Waals surface area (Å²) in [6, 6.07) is 4.69. The summed E-state index contributed by atoms with van der Waals surface area (Å²) in [7, 11) is 0. The minimum Gasteiger partial charge on any atom is -0.310 e. The number of nitrogens with zero attached hydrogens (tertiary/aromatic N) is 1. The lowest BCUT2D eigenvalue weighted by Gasteiger charge is -2.21. The lowest BCUT2D eigenvalue weighted by atomic mass is 9.84. The summed E-state index contributed by atoms with van der Waals surface area (Å²) < 4.78 is 51.7. The van der Waals surface area contributed by atoms with E-state index in [-0.39, 0.29) is 29.7 Å². The SMILES string of the molecule is CC(C)[C@@H](CC(=O)c1cc(=O)[nH]c(C2CC2)n1)c1ccc(SC(F)(F)F)c(F)c1. The van der Waals surface area contributed by atoms with Crippen LogP contribution in [-0.2, 0) is 0 Å². The van der Waals surface area contributed by atoms with Gasteiger partial charge in [-0.1, -0.05) is 19.9 Å². The van der Waals surface area contributed by atoms with Gasteiger partial charge in [-0.15, -0.1) is 0 Å². The van der Waals surface area contributed by atoms with Crippen molar-refractivity contribution in [1.29, 1.82) is 0 Å². The zero-order valence-corrected chi connectivity index (χ0v) is 16.7. The Morgan fingerprint density at radius 3 is 2.52 bits per heavy atom. The number of carbonyl (C=O) groups is 1. The summed E-state index contributed by atoms with van der Waals surface area (Å²) in [5.74, 6) is -1.17. The number of thioether (sulfide) groups is 1. The van der Waals surface area contributed by atoms with E-state index in [2.05, 4.69) is 9.97 Å². The molecule has 1 aliphatic rings. The number of hydrogen-bond acceptors (Lipinski definition) is 4. The third-order valence-electron chi connectivity index (χ3n) is 4.83. The molecule has 1 saturated carbocycles. The average Bonchev–Trinajstić information content (AvgIpc) is 3.44. The van der Waals surface area contributed by atoms with Crippen LogP contribution in [0.3, 0.4) is 0 Å². The van der Waals surface area contributed by atoms with E-state index in [0.29, 0.717) is 11.4 Å². The Morgan fingerprint density at radius 1 is 1.28 bits per heavy atom. The molecule has 1 N–H and O–H groups in total. The van der Waals surface area contributed by atoms with E-state index in [1.165, 1.54) is 6.07 Å². The van der Waals surface area contributed by atoms with Gasteiger partial charge < -0.3 is 4.98 Å². The number of aromatic amines is 1. The molecule has 3 rings (SSSR count). The lowest BCUT2D eigenvalue weighted by Crippen LogP contribution is -2.19. The Hall–Kier alpha value is -2.16. The van der Waals surface area contributed by atoms with E-state index in [1.807, 2.05) is 13.8 Å². The maximum atomic E-state index is 14.2. The first kappa shape index (κ1) is 21.5. The molecule has 0 spiro atoms. The molecule has 1 fully saturated rings. The van der Waals surface area contributed by atoms with Crippen molar-refractivity contribution in [2.24, 2.45) is 5.92 Å². The molecule has 9 heteroatoms. The highest BCUT2D eigenvalue weighted by molar-refractivity contribution is 8.00. The highest BCUT2D eigenvalue weighted by Gasteiger charge is 2.31. The van der Waals surface area contributed by atoms with Gasteiger partial charge in [0, 0.05) is 18.4 Å². The Labute approximate surface area is 169 Å². The van der Waals surface area contributed by atoms with Gasteiger partial charge in [0.05, 0.1) is 4.90 Å². The number of aromatic nitrogens is 2. The third kappa shape index (κ3) is 5.68. The number of ketones is 1. The fourth-order valence-corrected chi connectivity index (χ4v) is 3.71. The van der Waals surface area contributed by atoms with E-state index in [1.54, 1.807) is 0 Å². The molecule has 4 nitrogen and oxygen atoms in total. The van der Waals surface area contributed by atoms with Crippen LogP contribution in [0.2, 0.25) is 0 Å². The summed E-state index contributed by atoms with van der Waals surface area (Å²) in [6.07, 6.45) is 1.80. The number of alkyl halides is 3. The van der Waals surface area contributed by atoms with Crippen LogP contribution in [0, 0.1) is 11.7 Å². The number of H-pyrrole nitrogens is 1. The summed E-state index contributed by atoms with van der Waals surface area (Å²) in [5, 5.41) is 0. The van der Waals surface area contributed by atoms with Gasteiger partial charge in [0.2, 0.25) is 0 Å². The quantitative estimate of drug-likeness (QED) is 0.364. The van der Waals surface area contributed by atoms with Gasteiger partial charge in [0.25, 0.3) is 5.56 Å². The predicted octanol–water partition coefficient (Wildman–Crippen LogP) is 5.41. The second kappa shape index (κ2) is 8.30. The molecule has 1 aromatic heterocycles. The number of halogens is 4. The Bertz CT molecular complexity index is 968. The number of Topliss-reactive ketones (excluding diaryl/α,β-unsaturated/α-hetero) is 1. The first-order valence-corrected chi connectivity index (χ1v) is 10.0. The van der Waals surface area contributed by atoms with Crippen LogP contribution < -0.4 is 5.56 Å². The molecule has 29 heavy (non-hydrogen) atoms. The molecule has 0 saturated heterocycles. The average molecular weight is 428 g/mol. The number of rotatable bonds is 7. The maximum Gasteiger partial charge on any atom is 0.446 e. The van der Waals surface area contributed by atoms with Crippen molar-refractivity contribution in [3.63, 3.8) is 0 Å². The fourth-order valence-electron chi connectivity index (χ4n) is 3.17. The molecular formula is C20H20F4N2O2S. The molecule has 156 valence electrons. The summed E-state index contributed by atoms with van der Waals surface area (Å²) in [5.41, 5.74) is -4.48. The van der Waals surface area contributed by atoms with Crippen molar-refractivity contribution in [2.45, 2.75) is 55.3 Å². The zero-order valence-electron chi connectivity index (χ0n) is 15.8. The smallest absolute Gasteiger partial charge is 0.310 e. The van der Waals surface area contributed by atoms with Crippen molar-refractivity contribution in [3.8, 4) is 0 Å². The minimum absolute atomic E-state index is 0.0244. The summed E-state index contributed by atoms with van der Waals surface area (Å²) >= 11 is -0.511. The maximum absolute atomic E-state index is 14.2. The molecule has 1 atom stereocenters. The normalized spacial score (nSPS) is 15.6. The van der Waals surface area contributed by atoms with Gasteiger partial charge in [-0.3, -0.25) is 9.59 Å². The van der Waals surface area contributed by atoms with Gasteiger partial charge in [-0.05, 0) is 54.1 Å². The highest BCUT2D eigenvalue weighted by atomic mass is 32.2. The highest BCUT2D eigenvalue weighted by Crippen LogP contribution is 2.40. The van der Waals surface area contributed by atoms with Crippen LogP contribution >= 0.6 is 11.8 Å². The molecule has 1 aliphatic carbocycles. The van der Waals surface area contributed by atoms with Crippen LogP contribution in [-0.4, -0.2) is 21.3 Å². The van der Waals surface area contributed by atoms with E-state index in [0.717, 1.165) is 31.0 Å². The topological polar surface area (TPSA) is 62.8 Å². The van der Waals surface area contributed by atoms with Gasteiger partial charge in [-0.2, -0.15) is 13.2 Å². The van der Waals surface area contributed by atoms with Crippen LogP contribution in [0.15, 0.2) is 34.0 Å². The number of hydrogen-bond donors (Lipinski definition) is 1. The molecule has 0 amide bonds. The van der Waals surface area contributed by atoms with Crippen molar-refractivity contribution < 1.29 is 22.4 Å². The minimum atomic E-state index is -4.58. The van der Waals surface area contributed by atoms with E-state index < -0.39 is 39.5 Å². The molecule has 1 aromatic carbocycles. The number of nitrogens with one attached hydrogen (secondary N) is 1. The van der Waals surface area contributed by atoms with Crippen LogP contribution in [0.4, 0.5) is 17.6 Å². The van der Waals surface area contributed by atoms with Crippen LogP contribution in [0.5, 0.6) is 0 Å². The molecule has 2 aromatic rings. The molecule has 1 heterocycles. The van der Waals surface area contributed by atoms with Crippen molar-refractivity contribution in [3.05, 3.63) is 57.5 Å². The number of carbonyl (C=O) groups excluding carboxylic acids is 1. The summed E-state index contributed by atoms with van der Waals surface area (Å²) in [6.45, 7) is 3.68. The molecule has 0 aliphatic heterocycles. The van der Waals surface area contributed by atoms with E-state index in [4.69, 9.17) is 0 Å². The van der Waals surface area contributed by atoms with Crippen LogP contribution in [0.25, 0.3) is 0 Å². The second-order valence-corrected chi connectivity index (χ2v) is 8.61. The standard InChI is InChI=1S/C20H20F4N2O2S/c1-10(2)13(12-5-6-17(14(21)7-12)29-20(22,23)24)8-16(27)15-9-18(28)26-19(25-15)11-3-4-11/h5-7,9-11,13H,3-4,8H2,1-2H3,(H,25,26,28)/t13-/m1/s1. The van der Waals surface area contributed by atoms with Gasteiger partial charge >= 0.3 is 5.51 Å². The van der Waals surface area contributed by atoms with E-state index >= 15 is 0 Å². The fraction of sp³-hybridized carbons (Fsp3) is 0.450.